The average molecular weight is 396 g/mol. The summed E-state index contributed by atoms with van der Waals surface area (Å²) in [6, 6.07) is 3.86. The number of benzene rings is 1. The van der Waals surface area contributed by atoms with Gasteiger partial charge in [-0.25, -0.2) is 9.18 Å². The number of carbonyl (C=O) groups is 3. The Morgan fingerprint density at radius 2 is 1.93 bits per heavy atom. The molecule has 0 bridgehead atoms. The second-order valence-electron chi connectivity index (χ2n) is 7.28. The van der Waals surface area contributed by atoms with E-state index in [1.807, 2.05) is 0 Å². The summed E-state index contributed by atoms with van der Waals surface area (Å²) in [7, 11) is 3.12. The Kier molecular flexibility index (Phi) is 5.42. The van der Waals surface area contributed by atoms with Gasteiger partial charge >= 0.3 is 6.03 Å². The summed E-state index contributed by atoms with van der Waals surface area (Å²) in [6.45, 7) is -0.395. The zero-order valence-corrected chi connectivity index (χ0v) is 16.3. The number of rotatable bonds is 4. The van der Waals surface area contributed by atoms with E-state index in [0.717, 1.165) is 24.2 Å². The van der Waals surface area contributed by atoms with Crippen LogP contribution in [-0.4, -0.2) is 58.7 Å². The van der Waals surface area contributed by atoms with Crippen LogP contribution in [0.2, 0.25) is 5.02 Å². The molecule has 3 rings (SSSR count). The number of nitrogens with zero attached hydrogens (tertiary/aromatic N) is 3. The summed E-state index contributed by atoms with van der Waals surface area (Å²) in [5, 5.41) is 0.226. The van der Waals surface area contributed by atoms with Gasteiger partial charge in [-0.2, -0.15) is 0 Å². The molecule has 1 aromatic rings. The minimum Gasteiger partial charge on any atom is -0.340 e. The van der Waals surface area contributed by atoms with Crippen LogP contribution in [0.1, 0.15) is 37.7 Å². The Morgan fingerprint density at radius 3 is 2.56 bits per heavy atom. The molecule has 1 spiro atoms. The van der Waals surface area contributed by atoms with Crippen LogP contribution in [0.15, 0.2) is 18.2 Å². The Labute approximate surface area is 162 Å². The van der Waals surface area contributed by atoms with Crippen molar-refractivity contribution in [3.8, 4) is 0 Å². The van der Waals surface area contributed by atoms with Gasteiger partial charge in [-0.05, 0) is 25.0 Å². The zero-order chi connectivity index (χ0) is 19.8. The molecule has 0 atom stereocenters. The van der Waals surface area contributed by atoms with E-state index in [1.165, 1.54) is 29.0 Å². The Bertz CT molecular complexity index is 759. The number of hydrogen-bond donors (Lipinski definition) is 0. The maximum Gasteiger partial charge on any atom is 0.327 e. The van der Waals surface area contributed by atoms with Gasteiger partial charge in [0.15, 0.2) is 0 Å². The van der Waals surface area contributed by atoms with E-state index in [9.17, 15) is 18.8 Å². The third kappa shape index (κ3) is 3.40. The SMILES string of the molecule is CN(Cc1c(F)cccc1Cl)C(=O)CN1C(=O)N(C)C2(CCCCC2)C1=O. The van der Waals surface area contributed by atoms with Crippen molar-refractivity contribution >= 4 is 29.4 Å². The topological polar surface area (TPSA) is 60.9 Å². The molecule has 0 aromatic heterocycles. The quantitative estimate of drug-likeness (QED) is 0.736. The van der Waals surface area contributed by atoms with Crippen LogP contribution in [0, 0.1) is 5.82 Å². The highest BCUT2D eigenvalue weighted by Gasteiger charge is 2.55. The van der Waals surface area contributed by atoms with Gasteiger partial charge in [-0.3, -0.25) is 14.5 Å². The first-order valence-corrected chi connectivity index (χ1v) is 9.42. The predicted molar refractivity (Wildman–Crippen MR) is 98.6 cm³/mol. The second-order valence-corrected chi connectivity index (χ2v) is 7.68. The number of imide groups is 1. The molecule has 1 saturated carbocycles. The molecule has 1 aromatic carbocycles. The molecule has 8 heteroatoms. The third-order valence-electron chi connectivity index (χ3n) is 5.66. The van der Waals surface area contributed by atoms with Crippen molar-refractivity contribution in [3.63, 3.8) is 0 Å². The lowest BCUT2D eigenvalue weighted by Gasteiger charge is -2.35. The number of urea groups is 1. The molecule has 2 fully saturated rings. The number of amides is 4. The zero-order valence-electron chi connectivity index (χ0n) is 15.5. The molecular weight excluding hydrogens is 373 g/mol. The highest BCUT2D eigenvalue weighted by atomic mass is 35.5. The highest BCUT2D eigenvalue weighted by molar-refractivity contribution is 6.31. The van der Waals surface area contributed by atoms with E-state index in [0.29, 0.717) is 12.8 Å². The summed E-state index contributed by atoms with van der Waals surface area (Å²) in [5.74, 6) is -1.26. The molecule has 0 radical (unpaired) electrons. The first-order valence-electron chi connectivity index (χ1n) is 9.04. The largest absolute Gasteiger partial charge is 0.340 e. The van der Waals surface area contributed by atoms with Crippen molar-refractivity contribution in [1.29, 1.82) is 0 Å². The second kappa shape index (κ2) is 7.46. The van der Waals surface area contributed by atoms with Crippen molar-refractivity contribution in [2.24, 2.45) is 0 Å². The number of halogens is 2. The molecule has 146 valence electrons. The monoisotopic (exact) mass is 395 g/mol. The van der Waals surface area contributed by atoms with Crippen molar-refractivity contribution in [2.45, 2.75) is 44.2 Å². The van der Waals surface area contributed by atoms with Crippen LogP contribution < -0.4 is 0 Å². The van der Waals surface area contributed by atoms with Gasteiger partial charge in [0.25, 0.3) is 5.91 Å². The van der Waals surface area contributed by atoms with E-state index in [4.69, 9.17) is 11.6 Å². The molecule has 27 heavy (non-hydrogen) atoms. The molecule has 0 N–H and O–H groups in total. The molecule has 1 saturated heterocycles. The van der Waals surface area contributed by atoms with Crippen LogP contribution in [0.4, 0.5) is 9.18 Å². The molecule has 1 aliphatic heterocycles. The molecule has 1 heterocycles. The average Bonchev–Trinajstić information content (AvgIpc) is 2.81. The maximum atomic E-state index is 13.9. The highest BCUT2D eigenvalue weighted by Crippen LogP contribution is 2.39. The van der Waals surface area contributed by atoms with Crippen LogP contribution in [0.3, 0.4) is 0 Å². The molecule has 1 aliphatic carbocycles. The molecule has 4 amide bonds. The smallest absolute Gasteiger partial charge is 0.327 e. The van der Waals surface area contributed by atoms with Crippen LogP contribution >= 0.6 is 11.6 Å². The molecular formula is C19H23ClFN3O3. The van der Waals surface area contributed by atoms with E-state index < -0.39 is 23.3 Å². The Balaban J connectivity index is 1.72. The Morgan fingerprint density at radius 1 is 1.26 bits per heavy atom. The van der Waals surface area contributed by atoms with Crippen LogP contribution in [-0.2, 0) is 16.1 Å². The lowest BCUT2D eigenvalue weighted by molar-refractivity contribution is -0.140. The summed E-state index contributed by atoms with van der Waals surface area (Å²) >= 11 is 6.01. The summed E-state index contributed by atoms with van der Waals surface area (Å²) in [6.07, 6.45) is 4.06. The first kappa shape index (κ1) is 19.6. The maximum absolute atomic E-state index is 13.9. The van der Waals surface area contributed by atoms with Crippen molar-refractivity contribution in [3.05, 3.63) is 34.6 Å². The van der Waals surface area contributed by atoms with Crippen molar-refractivity contribution in [2.75, 3.05) is 20.6 Å². The van der Waals surface area contributed by atoms with Gasteiger partial charge in [0, 0.05) is 31.2 Å². The fourth-order valence-corrected chi connectivity index (χ4v) is 4.16. The minimum atomic E-state index is -0.816. The van der Waals surface area contributed by atoms with Gasteiger partial charge in [-0.15, -0.1) is 0 Å². The van der Waals surface area contributed by atoms with E-state index >= 15 is 0 Å². The fourth-order valence-electron chi connectivity index (χ4n) is 3.94. The van der Waals surface area contributed by atoms with E-state index in [-0.39, 0.29) is 29.6 Å². The number of carbonyl (C=O) groups excluding carboxylic acids is 3. The molecule has 0 unspecified atom stereocenters. The Hall–Kier alpha value is -2.15. The van der Waals surface area contributed by atoms with Gasteiger partial charge in [0.05, 0.1) is 0 Å². The predicted octanol–water partition coefficient (Wildman–Crippen LogP) is 3.03. The van der Waals surface area contributed by atoms with Crippen molar-refractivity contribution < 1.29 is 18.8 Å². The first-order chi connectivity index (χ1) is 12.8. The number of likely N-dealkylation sites (N-methyl/N-ethyl adjacent to an activating group) is 2. The van der Waals surface area contributed by atoms with Gasteiger partial charge in [0.1, 0.15) is 17.9 Å². The van der Waals surface area contributed by atoms with Crippen LogP contribution in [0.5, 0.6) is 0 Å². The fraction of sp³-hybridized carbons (Fsp3) is 0.526. The molecule has 2 aliphatic rings. The van der Waals surface area contributed by atoms with Gasteiger partial charge in [0.2, 0.25) is 5.91 Å². The van der Waals surface area contributed by atoms with E-state index in [2.05, 4.69) is 0 Å². The summed E-state index contributed by atoms with van der Waals surface area (Å²) in [4.78, 5) is 41.9. The van der Waals surface area contributed by atoms with Crippen LogP contribution in [0.25, 0.3) is 0 Å². The minimum absolute atomic E-state index is 0.0401. The number of hydrogen-bond acceptors (Lipinski definition) is 3. The van der Waals surface area contributed by atoms with Gasteiger partial charge < -0.3 is 9.80 Å². The third-order valence-corrected chi connectivity index (χ3v) is 6.01. The molecule has 6 nitrogen and oxygen atoms in total. The van der Waals surface area contributed by atoms with Crippen molar-refractivity contribution in [1.82, 2.24) is 14.7 Å². The summed E-state index contributed by atoms with van der Waals surface area (Å²) < 4.78 is 13.9. The lowest BCUT2D eigenvalue weighted by atomic mass is 9.81. The van der Waals surface area contributed by atoms with E-state index in [1.54, 1.807) is 13.1 Å². The summed E-state index contributed by atoms with van der Waals surface area (Å²) in [5.41, 5.74) is -0.613. The standard InChI is InChI=1S/C19H23ClFN3O3/c1-22(11-13-14(20)7-6-8-15(13)21)16(25)12-24-17(26)19(23(2)18(24)27)9-4-3-5-10-19/h6-8H,3-5,9-12H2,1-2H3. The normalized spacial score (nSPS) is 19.1. The lowest BCUT2D eigenvalue weighted by Crippen LogP contribution is -2.49. The van der Waals surface area contributed by atoms with Gasteiger partial charge in [-0.1, -0.05) is 36.9 Å².